The maximum atomic E-state index is 12.6. The smallest absolute Gasteiger partial charge is 0.416 e. The summed E-state index contributed by atoms with van der Waals surface area (Å²) in [6.45, 7) is 0. The van der Waals surface area contributed by atoms with Gasteiger partial charge in [0.1, 0.15) is 11.5 Å². The van der Waals surface area contributed by atoms with Gasteiger partial charge in [-0.25, -0.2) is 4.79 Å². The van der Waals surface area contributed by atoms with Crippen molar-refractivity contribution in [3.05, 3.63) is 58.1 Å². The van der Waals surface area contributed by atoms with Gasteiger partial charge in [0.15, 0.2) is 0 Å². The Labute approximate surface area is 149 Å². The minimum Gasteiger partial charge on any atom is -0.465 e. The number of carbonyl (C=O) groups is 1. The summed E-state index contributed by atoms with van der Waals surface area (Å²) in [5, 5.41) is 0.206. The number of methoxy groups -OCH3 is 1. The lowest BCUT2D eigenvalue weighted by Gasteiger charge is -2.12. The predicted octanol–water partition coefficient (Wildman–Crippen LogP) is 5.83. The van der Waals surface area contributed by atoms with E-state index in [4.69, 9.17) is 16.3 Å². The molecule has 0 saturated carbocycles. The second-order valence-electron chi connectivity index (χ2n) is 4.69. The van der Waals surface area contributed by atoms with Crippen LogP contribution in [0.4, 0.5) is 13.2 Å². The van der Waals surface area contributed by atoms with Crippen LogP contribution in [0.1, 0.15) is 21.5 Å². The molecule has 0 N–H and O–H groups in total. The van der Waals surface area contributed by atoms with Crippen LogP contribution < -0.4 is 4.74 Å². The molecule has 2 rings (SSSR count). The minimum atomic E-state index is -4.48. The van der Waals surface area contributed by atoms with Gasteiger partial charge in [-0.2, -0.15) is 13.2 Å². The number of halogens is 5. The Morgan fingerprint density at radius 3 is 2.46 bits per heavy atom. The quantitative estimate of drug-likeness (QED) is 0.458. The van der Waals surface area contributed by atoms with E-state index in [-0.39, 0.29) is 10.8 Å². The van der Waals surface area contributed by atoms with Crippen LogP contribution in [0, 0.1) is 0 Å². The normalized spacial score (nSPS) is 11.2. The molecular weight excluding hydrogens is 413 g/mol. The third-order valence-corrected chi connectivity index (χ3v) is 4.01. The van der Waals surface area contributed by atoms with Gasteiger partial charge in [0.05, 0.1) is 23.3 Å². The first-order valence-electron chi connectivity index (χ1n) is 6.58. The van der Waals surface area contributed by atoms with Crippen LogP contribution in [0.5, 0.6) is 11.5 Å². The highest BCUT2D eigenvalue weighted by atomic mass is 79.9. The number of carbonyl (C=O) groups excluding carboxylic acids is 1. The molecule has 0 aromatic heterocycles. The van der Waals surface area contributed by atoms with Gasteiger partial charge in [0.2, 0.25) is 0 Å². The molecule has 0 bridgehead atoms. The van der Waals surface area contributed by atoms with E-state index in [0.717, 1.165) is 18.2 Å². The first-order valence-corrected chi connectivity index (χ1v) is 8.08. The topological polar surface area (TPSA) is 35.5 Å². The Hall–Kier alpha value is -1.73. The second kappa shape index (κ2) is 7.44. The van der Waals surface area contributed by atoms with Gasteiger partial charge >= 0.3 is 12.1 Å². The Morgan fingerprint density at radius 1 is 1.21 bits per heavy atom. The first kappa shape index (κ1) is 18.6. The molecular formula is C16H11BrClF3O3. The average Bonchev–Trinajstić information content (AvgIpc) is 2.54. The highest BCUT2D eigenvalue weighted by Gasteiger charge is 2.31. The molecule has 0 amide bonds. The van der Waals surface area contributed by atoms with Crippen molar-refractivity contribution >= 4 is 33.5 Å². The van der Waals surface area contributed by atoms with Crippen molar-refractivity contribution in [1.29, 1.82) is 0 Å². The molecule has 2 aromatic carbocycles. The summed E-state index contributed by atoms with van der Waals surface area (Å²) in [5.41, 5.74) is 0.115. The third kappa shape index (κ3) is 4.21. The molecule has 3 nitrogen and oxygen atoms in total. The zero-order chi connectivity index (χ0) is 17.9. The molecule has 2 aromatic rings. The van der Waals surface area contributed by atoms with E-state index in [1.807, 2.05) is 0 Å². The molecule has 0 fully saturated rings. The van der Waals surface area contributed by atoms with E-state index in [0.29, 0.717) is 22.2 Å². The summed E-state index contributed by atoms with van der Waals surface area (Å²) in [7, 11) is 1.27. The largest absolute Gasteiger partial charge is 0.465 e. The van der Waals surface area contributed by atoms with Crippen molar-refractivity contribution in [2.24, 2.45) is 0 Å². The van der Waals surface area contributed by atoms with E-state index < -0.39 is 17.7 Å². The minimum absolute atomic E-state index is 0.0796. The van der Waals surface area contributed by atoms with Crippen molar-refractivity contribution in [3.8, 4) is 11.5 Å². The lowest BCUT2D eigenvalue weighted by atomic mass is 10.1. The number of alkyl halides is 4. The SMILES string of the molecule is COC(=O)c1ccc(Oc2ccc(C(F)(F)F)cc2Cl)cc1CBr. The lowest BCUT2D eigenvalue weighted by molar-refractivity contribution is -0.137. The number of hydrogen-bond acceptors (Lipinski definition) is 3. The van der Waals surface area contributed by atoms with Crippen molar-refractivity contribution in [2.75, 3.05) is 7.11 Å². The Kier molecular flexibility index (Phi) is 5.77. The fourth-order valence-corrected chi connectivity index (χ4v) is 2.62. The first-order chi connectivity index (χ1) is 11.3. The molecule has 0 aliphatic carbocycles. The van der Waals surface area contributed by atoms with Crippen molar-refractivity contribution in [1.82, 2.24) is 0 Å². The van der Waals surface area contributed by atoms with E-state index >= 15 is 0 Å². The molecule has 0 spiro atoms. The molecule has 128 valence electrons. The van der Waals surface area contributed by atoms with E-state index in [1.165, 1.54) is 19.2 Å². The third-order valence-electron chi connectivity index (χ3n) is 3.11. The highest BCUT2D eigenvalue weighted by molar-refractivity contribution is 9.08. The summed E-state index contributed by atoms with van der Waals surface area (Å²) in [6.07, 6.45) is -4.48. The van der Waals surface area contributed by atoms with Crippen molar-refractivity contribution in [2.45, 2.75) is 11.5 Å². The Balaban J connectivity index is 2.30. The summed E-state index contributed by atoms with van der Waals surface area (Å²) in [4.78, 5) is 11.6. The molecule has 0 saturated heterocycles. The Morgan fingerprint density at radius 2 is 1.92 bits per heavy atom. The standard InChI is InChI=1S/C16H11BrClF3O3/c1-23-15(22)12-4-3-11(6-9(12)8-17)24-14-5-2-10(7-13(14)18)16(19,20)21/h2-7H,8H2,1H3. The zero-order valence-corrected chi connectivity index (χ0v) is 14.6. The predicted molar refractivity (Wildman–Crippen MR) is 86.9 cm³/mol. The molecule has 24 heavy (non-hydrogen) atoms. The van der Waals surface area contributed by atoms with Crippen molar-refractivity contribution < 1.29 is 27.4 Å². The number of ether oxygens (including phenoxy) is 2. The van der Waals surface area contributed by atoms with Gasteiger partial charge in [0, 0.05) is 5.33 Å². The summed E-state index contributed by atoms with van der Waals surface area (Å²) < 4.78 is 48.1. The van der Waals surface area contributed by atoms with Crippen LogP contribution in [-0.2, 0) is 16.2 Å². The molecule has 0 heterocycles. The van der Waals surface area contributed by atoms with Crippen LogP contribution in [0.2, 0.25) is 5.02 Å². The molecule has 0 aliphatic rings. The fraction of sp³-hybridized carbons (Fsp3) is 0.188. The van der Waals surface area contributed by atoms with Gasteiger partial charge < -0.3 is 9.47 Å². The number of esters is 1. The van der Waals surface area contributed by atoms with E-state index in [2.05, 4.69) is 20.7 Å². The Bertz CT molecular complexity index is 763. The summed E-state index contributed by atoms with van der Waals surface area (Å²) in [5.74, 6) is -0.0849. The van der Waals surface area contributed by atoms with Crippen LogP contribution in [-0.4, -0.2) is 13.1 Å². The van der Waals surface area contributed by atoms with Crippen LogP contribution in [0.15, 0.2) is 36.4 Å². The monoisotopic (exact) mass is 422 g/mol. The molecule has 0 unspecified atom stereocenters. The summed E-state index contributed by atoms with van der Waals surface area (Å²) in [6, 6.07) is 7.42. The van der Waals surface area contributed by atoms with Gasteiger partial charge in [-0.05, 0) is 42.0 Å². The van der Waals surface area contributed by atoms with Crippen LogP contribution in [0.25, 0.3) is 0 Å². The van der Waals surface area contributed by atoms with Crippen LogP contribution >= 0.6 is 27.5 Å². The van der Waals surface area contributed by atoms with Crippen molar-refractivity contribution in [3.63, 3.8) is 0 Å². The zero-order valence-electron chi connectivity index (χ0n) is 12.3. The van der Waals surface area contributed by atoms with Gasteiger partial charge in [-0.15, -0.1) is 0 Å². The van der Waals surface area contributed by atoms with E-state index in [1.54, 1.807) is 6.07 Å². The fourth-order valence-electron chi connectivity index (χ4n) is 1.94. The summed E-state index contributed by atoms with van der Waals surface area (Å²) >= 11 is 9.11. The number of rotatable bonds is 4. The number of hydrogen-bond donors (Lipinski definition) is 0. The lowest BCUT2D eigenvalue weighted by Crippen LogP contribution is -2.05. The van der Waals surface area contributed by atoms with Gasteiger partial charge in [-0.1, -0.05) is 27.5 Å². The van der Waals surface area contributed by atoms with Crippen LogP contribution in [0.3, 0.4) is 0 Å². The van der Waals surface area contributed by atoms with Gasteiger partial charge in [0.25, 0.3) is 0 Å². The molecule has 0 radical (unpaired) electrons. The van der Waals surface area contributed by atoms with Gasteiger partial charge in [-0.3, -0.25) is 0 Å². The van der Waals surface area contributed by atoms with E-state index in [9.17, 15) is 18.0 Å². The second-order valence-corrected chi connectivity index (χ2v) is 5.66. The maximum absolute atomic E-state index is 12.6. The molecule has 8 heteroatoms. The number of benzene rings is 2. The molecule has 0 aliphatic heterocycles. The highest BCUT2D eigenvalue weighted by Crippen LogP contribution is 2.36. The average molecular weight is 424 g/mol. The maximum Gasteiger partial charge on any atom is 0.416 e. The molecule has 0 atom stereocenters.